The van der Waals surface area contributed by atoms with Crippen LogP contribution in [-0.2, 0) is 4.74 Å². The first-order valence-corrected chi connectivity index (χ1v) is 12.6. The molecule has 0 spiro atoms. The van der Waals surface area contributed by atoms with Gasteiger partial charge in [-0.25, -0.2) is 0 Å². The van der Waals surface area contributed by atoms with Crippen LogP contribution in [0.5, 0.6) is 0 Å². The molecule has 1 aromatic carbocycles. The van der Waals surface area contributed by atoms with Crippen molar-refractivity contribution in [2.75, 3.05) is 39.4 Å². The average molecular weight is 517 g/mol. The summed E-state index contributed by atoms with van der Waals surface area (Å²) in [4.78, 5) is 9.27. The van der Waals surface area contributed by atoms with Crippen LogP contribution in [0, 0.1) is 0 Å². The van der Waals surface area contributed by atoms with Crippen LogP contribution in [0.3, 0.4) is 0 Å². The number of hydrogen-bond donors (Lipinski definition) is 1. The Hall–Kier alpha value is -2.16. The van der Waals surface area contributed by atoms with Crippen LogP contribution in [0.15, 0.2) is 59.1 Å². The molecule has 34 heavy (non-hydrogen) atoms. The number of benzene rings is 1. The predicted molar refractivity (Wildman–Crippen MR) is 138 cm³/mol. The van der Waals surface area contributed by atoms with Crippen LogP contribution in [0.1, 0.15) is 30.0 Å². The lowest BCUT2D eigenvalue weighted by atomic mass is 10.0. The first-order valence-electron chi connectivity index (χ1n) is 11.4. The summed E-state index contributed by atoms with van der Waals surface area (Å²) in [6.45, 7) is 5.40. The van der Waals surface area contributed by atoms with Gasteiger partial charge in [-0.1, -0.05) is 29.3 Å². The third-order valence-corrected chi connectivity index (χ3v) is 7.39. The molecule has 2 aliphatic rings. The van der Waals surface area contributed by atoms with E-state index in [2.05, 4.69) is 20.1 Å². The number of morpholine rings is 1. The number of pyridine rings is 1. The highest BCUT2D eigenvalue weighted by Crippen LogP contribution is 2.41. The fraction of sp³-hybridized carbons (Fsp3) is 0.360. The highest BCUT2D eigenvalue weighted by Gasteiger charge is 2.41. The van der Waals surface area contributed by atoms with Crippen LogP contribution in [0.4, 0.5) is 0 Å². The summed E-state index contributed by atoms with van der Waals surface area (Å²) in [7, 11) is 0. The molecule has 2 aromatic heterocycles. The Morgan fingerprint density at radius 1 is 1.03 bits per heavy atom. The van der Waals surface area contributed by atoms with Crippen LogP contribution < -0.4 is 5.32 Å². The van der Waals surface area contributed by atoms with Crippen LogP contribution in [0.2, 0.25) is 10.0 Å². The Labute approximate surface area is 214 Å². The zero-order valence-electron chi connectivity index (χ0n) is 18.6. The summed E-state index contributed by atoms with van der Waals surface area (Å²) >= 11 is 18.1. The van der Waals surface area contributed by atoms with E-state index in [1.807, 2.05) is 48.7 Å². The molecule has 2 atom stereocenters. The Kier molecular flexibility index (Phi) is 7.37. The number of ether oxygens (including phenoxy) is 1. The van der Waals surface area contributed by atoms with Crippen molar-refractivity contribution in [2.24, 2.45) is 0 Å². The largest absolute Gasteiger partial charge is 0.459 e. The van der Waals surface area contributed by atoms with Gasteiger partial charge in [-0.15, -0.1) is 0 Å². The van der Waals surface area contributed by atoms with E-state index < -0.39 is 0 Å². The molecule has 0 bridgehead atoms. The molecule has 6 nitrogen and oxygen atoms in total. The molecule has 1 N–H and O–H groups in total. The van der Waals surface area contributed by atoms with Crippen LogP contribution in [0.25, 0.3) is 11.3 Å². The number of furan rings is 1. The maximum atomic E-state index is 6.38. The Morgan fingerprint density at radius 3 is 2.65 bits per heavy atom. The quantitative estimate of drug-likeness (QED) is 0.425. The van der Waals surface area contributed by atoms with E-state index in [9.17, 15) is 0 Å². The van der Waals surface area contributed by atoms with Gasteiger partial charge in [-0.3, -0.25) is 9.88 Å². The van der Waals surface area contributed by atoms with E-state index >= 15 is 0 Å². The number of nitrogens with zero attached hydrogens (tertiary/aromatic N) is 3. The van der Waals surface area contributed by atoms with Gasteiger partial charge < -0.3 is 19.4 Å². The lowest BCUT2D eigenvalue weighted by Crippen LogP contribution is -2.38. The maximum Gasteiger partial charge on any atom is 0.170 e. The van der Waals surface area contributed by atoms with Gasteiger partial charge in [0.25, 0.3) is 0 Å². The highest BCUT2D eigenvalue weighted by atomic mass is 35.5. The summed E-state index contributed by atoms with van der Waals surface area (Å²) < 4.78 is 11.8. The molecule has 0 saturated carbocycles. The molecule has 178 valence electrons. The van der Waals surface area contributed by atoms with E-state index in [1.54, 1.807) is 6.07 Å². The second-order valence-electron chi connectivity index (χ2n) is 8.46. The smallest absolute Gasteiger partial charge is 0.170 e. The van der Waals surface area contributed by atoms with Crippen molar-refractivity contribution < 1.29 is 9.15 Å². The molecule has 3 aromatic rings. The first kappa shape index (κ1) is 23.6. The molecule has 0 amide bonds. The summed E-state index contributed by atoms with van der Waals surface area (Å²) in [6, 6.07) is 15.2. The average Bonchev–Trinajstić information content (AvgIpc) is 3.47. The van der Waals surface area contributed by atoms with Crippen molar-refractivity contribution in [1.29, 1.82) is 0 Å². The molecule has 2 saturated heterocycles. The van der Waals surface area contributed by atoms with Gasteiger partial charge in [-0.05, 0) is 61.1 Å². The monoisotopic (exact) mass is 516 g/mol. The number of thiocarbonyl (C=S) groups is 1. The number of aromatic nitrogens is 1. The molecule has 0 aliphatic carbocycles. The standard InChI is InChI=1S/C25H26Cl2N4O2S/c26-18-6-5-17(16-19(18)27)21-7-8-22(33-21)24-23(20-4-1-2-9-28-20)29-25(34)31(24)11-3-10-30-12-14-32-15-13-30/h1-2,4-9,16,23-24H,3,10-15H2,(H,29,34)/t23-,24-/m0/s1. The predicted octanol–water partition coefficient (Wildman–Crippen LogP) is 5.34. The summed E-state index contributed by atoms with van der Waals surface area (Å²) in [5.74, 6) is 1.56. The van der Waals surface area contributed by atoms with E-state index in [-0.39, 0.29) is 12.1 Å². The number of nitrogens with one attached hydrogen (secondary N) is 1. The third-order valence-electron chi connectivity index (χ3n) is 6.30. The van der Waals surface area contributed by atoms with Crippen molar-refractivity contribution in [2.45, 2.75) is 18.5 Å². The minimum Gasteiger partial charge on any atom is -0.459 e. The van der Waals surface area contributed by atoms with Crippen molar-refractivity contribution in [3.63, 3.8) is 0 Å². The van der Waals surface area contributed by atoms with Crippen LogP contribution >= 0.6 is 35.4 Å². The molecule has 2 fully saturated rings. The van der Waals surface area contributed by atoms with E-state index in [1.165, 1.54) is 0 Å². The molecular formula is C25H26Cl2N4O2S. The molecular weight excluding hydrogens is 491 g/mol. The van der Waals surface area contributed by atoms with E-state index in [0.717, 1.165) is 73.7 Å². The number of rotatable bonds is 7. The number of hydrogen-bond acceptors (Lipinski definition) is 5. The Bertz CT molecular complexity index is 1140. The van der Waals surface area contributed by atoms with E-state index in [4.69, 9.17) is 44.6 Å². The lowest BCUT2D eigenvalue weighted by Gasteiger charge is -2.29. The highest BCUT2D eigenvalue weighted by molar-refractivity contribution is 7.80. The maximum absolute atomic E-state index is 6.38. The van der Waals surface area contributed by atoms with Gasteiger partial charge in [-0.2, -0.15) is 0 Å². The zero-order chi connectivity index (χ0) is 23.5. The van der Waals surface area contributed by atoms with Gasteiger partial charge in [0.1, 0.15) is 17.6 Å². The van der Waals surface area contributed by atoms with Gasteiger partial charge >= 0.3 is 0 Å². The number of halogens is 2. The molecule has 4 heterocycles. The fourth-order valence-corrected chi connectivity index (χ4v) is 5.19. The summed E-state index contributed by atoms with van der Waals surface area (Å²) in [5, 5.41) is 5.22. The van der Waals surface area contributed by atoms with Crippen LogP contribution in [-0.4, -0.2) is 59.3 Å². The molecule has 0 radical (unpaired) electrons. The van der Waals surface area contributed by atoms with Crippen molar-refractivity contribution >= 4 is 40.5 Å². The molecule has 9 heteroatoms. The van der Waals surface area contributed by atoms with Gasteiger partial charge in [0.05, 0.1) is 35.0 Å². The second kappa shape index (κ2) is 10.6. The molecule has 0 unspecified atom stereocenters. The minimum atomic E-state index is -0.108. The van der Waals surface area contributed by atoms with Crippen molar-refractivity contribution in [3.05, 3.63) is 76.2 Å². The second-order valence-corrected chi connectivity index (χ2v) is 9.66. The van der Waals surface area contributed by atoms with E-state index in [0.29, 0.717) is 10.0 Å². The lowest BCUT2D eigenvalue weighted by molar-refractivity contribution is 0.0365. The topological polar surface area (TPSA) is 53.8 Å². The zero-order valence-corrected chi connectivity index (χ0v) is 21.0. The summed E-state index contributed by atoms with van der Waals surface area (Å²) in [5.41, 5.74) is 1.81. The SMILES string of the molecule is S=C1N[C@@H](c2ccccn2)[C@H](c2ccc(-c3ccc(Cl)c(Cl)c3)o2)N1CCCN1CCOCC1. The molecule has 2 aliphatic heterocycles. The van der Waals surface area contributed by atoms with Gasteiger partial charge in [0.2, 0.25) is 0 Å². The first-order chi connectivity index (χ1) is 16.6. The minimum absolute atomic E-state index is 0.107. The Balaban J connectivity index is 1.40. The van der Waals surface area contributed by atoms with Gasteiger partial charge in [0.15, 0.2) is 5.11 Å². The third kappa shape index (κ3) is 5.09. The fourth-order valence-electron chi connectivity index (χ4n) is 4.56. The normalized spacial score (nSPS) is 21.1. The van der Waals surface area contributed by atoms with Crippen molar-refractivity contribution in [3.8, 4) is 11.3 Å². The van der Waals surface area contributed by atoms with Crippen molar-refractivity contribution in [1.82, 2.24) is 20.1 Å². The molecule has 5 rings (SSSR count). The summed E-state index contributed by atoms with van der Waals surface area (Å²) in [6.07, 6.45) is 2.80. The van der Waals surface area contributed by atoms with Gasteiger partial charge in [0, 0.05) is 37.9 Å². The Morgan fingerprint density at radius 2 is 1.88 bits per heavy atom.